The number of pyridine rings is 1. The lowest BCUT2D eigenvalue weighted by atomic mass is 9.95. The van der Waals surface area contributed by atoms with E-state index in [2.05, 4.69) is 4.98 Å². The molecule has 2 rings (SSSR count). The quantitative estimate of drug-likeness (QED) is 0.875. The van der Waals surface area contributed by atoms with E-state index in [1.165, 1.54) is 0 Å². The molecule has 0 radical (unpaired) electrons. The largest absolute Gasteiger partial charge is 0.481 e. The van der Waals surface area contributed by atoms with Crippen molar-refractivity contribution in [2.24, 2.45) is 0 Å². The van der Waals surface area contributed by atoms with Gasteiger partial charge >= 0.3 is 5.97 Å². The molecule has 0 saturated carbocycles. The molecule has 3 heteroatoms. The minimum Gasteiger partial charge on any atom is -0.481 e. The summed E-state index contributed by atoms with van der Waals surface area (Å²) >= 11 is 0. The number of rotatable bonds is 4. The van der Waals surface area contributed by atoms with Gasteiger partial charge in [0.25, 0.3) is 0 Å². The fraction of sp³-hybridized carbons (Fsp3) is 0.286. The molecule has 0 saturated heterocycles. The van der Waals surface area contributed by atoms with E-state index in [0.29, 0.717) is 12.1 Å². The van der Waals surface area contributed by atoms with Crippen LogP contribution in [0.1, 0.15) is 31.4 Å². The second-order valence-corrected chi connectivity index (χ2v) is 4.10. The summed E-state index contributed by atoms with van der Waals surface area (Å²) in [7, 11) is 0. The molecule has 88 valence electrons. The second-order valence-electron chi connectivity index (χ2n) is 4.10. The number of nitrogens with zero attached hydrogens (tertiary/aromatic N) is 1. The van der Waals surface area contributed by atoms with Gasteiger partial charge in [-0.05, 0) is 17.9 Å². The summed E-state index contributed by atoms with van der Waals surface area (Å²) in [6.45, 7) is 1.99. The number of carbonyl (C=O) groups is 1. The van der Waals surface area contributed by atoms with Crippen molar-refractivity contribution in [3.8, 4) is 0 Å². The lowest BCUT2D eigenvalue weighted by Gasteiger charge is -2.13. The van der Waals surface area contributed by atoms with Crippen molar-refractivity contribution >= 4 is 16.7 Å². The van der Waals surface area contributed by atoms with Crippen LogP contribution in [0.3, 0.4) is 0 Å². The molecule has 1 N–H and O–H groups in total. The van der Waals surface area contributed by atoms with Gasteiger partial charge in [-0.3, -0.25) is 9.78 Å². The van der Waals surface area contributed by atoms with Crippen LogP contribution in [0.25, 0.3) is 10.8 Å². The fourth-order valence-corrected chi connectivity index (χ4v) is 2.09. The molecule has 0 fully saturated rings. The van der Waals surface area contributed by atoms with Crippen molar-refractivity contribution in [1.82, 2.24) is 4.98 Å². The highest BCUT2D eigenvalue weighted by Gasteiger charge is 2.22. The van der Waals surface area contributed by atoms with Gasteiger partial charge in [0.2, 0.25) is 0 Å². The molecule has 0 bridgehead atoms. The minimum absolute atomic E-state index is 0.508. The van der Waals surface area contributed by atoms with Crippen molar-refractivity contribution in [3.05, 3.63) is 42.2 Å². The Hall–Kier alpha value is -1.90. The predicted octanol–water partition coefficient (Wildman–Crippen LogP) is 3.20. The number of fused-ring (bicyclic) bond motifs is 1. The number of carboxylic acid groups (broad SMARTS) is 1. The fourth-order valence-electron chi connectivity index (χ4n) is 2.09. The third-order valence-corrected chi connectivity index (χ3v) is 2.91. The highest BCUT2D eigenvalue weighted by Crippen LogP contribution is 2.26. The molecule has 1 atom stereocenters. The number of hydrogen-bond donors (Lipinski definition) is 1. The molecule has 0 spiro atoms. The number of carboxylic acids is 1. The lowest BCUT2D eigenvalue weighted by molar-refractivity contribution is -0.139. The number of aromatic nitrogens is 1. The van der Waals surface area contributed by atoms with Crippen LogP contribution in [0.4, 0.5) is 0 Å². The molecule has 17 heavy (non-hydrogen) atoms. The van der Waals surface area contributed by atoms with E-state index in [0.717, 1.165) is 17.2 Å². The molecular formula is C14H15NO2. The SMILES string of the molecule is CCCC(C(=O)O)c1nccc2ccccc12. The van der Waals surface area contributed by atoms with E-state index in [4.69, 9.17) is 0 Å². The van der Waals surface area contributed by atoms with Crippen LogP contribution in [0.2, 0.25) is 0 Å². The topological polar surface area (TPSA) is 50.2 Å². The van der Waals surface area contributed by atoms with Crippen molar-refractivity contribution in [2.45, 2.75) is 25.7 Å². The number of hydrogen-bond acceptors (Lipinski definition) is 2. The summed E-state index contributed by atoms with van der Waals surface area (Å²) in [5.74, 6) is -1.30. The maximum absolute atomic E-state index is 11.3. The Morgan fingerprint density at radius 3 is 2.82 bits per heavy atom. The van der Waals surface area contributed by atoms with Crippen molar-refractivity contribution in [3.63, 3.8) is 0 Å². The van der Waals surface area contributed by atoms with Gasteiger partial charge in [-0.15, -0.1) is 0 Å². The summed E-state index contributed by atoms with van der Waals surface area (Å²) < 4.78 is 0. The Labute approximate surface area is 100 Å². The Balaban J connectivity index is 2.56. The molecule has 1 aromatic carbocycles. The molecular weight excluding hydrogens is 214 g/mol. The third kappa shape index (κ3) is 2.28. The normalized spacial score (nSPS) is 12.5. The molecule has 1 aromatic heterocycles. The average Bonchev–Trinajstić information content (AvgIpc) is 2.35. The number of benzene rings is 1. The maximum atomic E-state index is 11.3. The van der Waals surface area contributed by atoms with E-state index in [-0.39, 0.29) is 0 Å². The average molecular weight is 229 g/mol. The highest BCUT2D eigenvalue weighted by molar-refractivity contribution is 5.89. The molecule has 3 nitrogen and oxygen atoms in total. The number of aliphatic carboxylic acids is 1. The van der Waals surface area contributed by atoms with E-state index >= 15 is 0 Å². The summed E-state index contributed by atoms with van der Waals surface area (Å²) in [4.78, 5) is 15.6. The molecule has 1 heterocycles. The molecule has 1 unspecified atom stereocenters. The standard InChI is InChI=1S/C14H15NO2/c1-2-5-12(14(16)17)13-11-7-4-3-6-10(11)8-9-15-13/h3-4,6-9,12H,2,5H2,1H3,(H,16,17). The molecule has 0 aliphatic rings. The second kappa shape index (κ2) is 4.95. The predicted molar refractivity (Wildman–Crippen MR) is 67.0 cm³/mol. The van der Waals surface area contributed by atoms with Crippen LogP contribution in [0.15, 0.2) is 36.5 Å². The van der Waals surface area contributed by atoms with E-state index in [1.807, 2.05) is 37.3 Å². The Morgan fingerprint density at radius 2 is 2.12 bits per heavy atom. The van der Waals surface area contributed by atoms with Crippen LogP contribution < -0.4 is 0 Å². The van der Waals surface area contributed by atoms with Gasteiger partial charge in [-0.2, -0.15) is 0 Å². The molecule has 0 aliphatic heterocycles. The first-order chi connectivity index (χ1) is 8.24. The zero-order valence-corrected chi connectivity index (χ0v) is 9.76. The lowest BCUT2D eigenvalue weighted by Crippen LogP contribution is -2.13. The molecule has 2 aromatic rings. The smallest absolute Gasteiger partial charge is 0.312 e. The highest BCUT2D eigenvalue weighted by atomic mass is 16.4. The van der Waals surface area contributed by atoms with Gasteiger partial charge in [0.05, 0.1) is 11.6 Å². The molecule has 0 amide bonds. The summed E-state index contributed by atoms with van der Waals surface area (Å²) in [5.41, 5.74) is 0.678. The van der Waals surface area contributed by atoms with Crippen molar-refractivity contribution in [1.29, 1.82) is 0 Å². The van der Waals surface area contributed by atoms with Gasteiger partial charge in [0.1, 0.15) is 0 Å². The van der Waals surface area contributed by atoms with Crippen LogP contribution in [0, 0.1) is 0 Å². The monoisotopic (exact) mass is 229 g/mol. The van der Waals surface area contributed by atoms with Gasteiger partial charge in [-0.1, -0.05) is 37.6 Å². The van der Waals surface area contributed by atoms with Crippen LogP contribution in [-0.2, 0) is 4.79 Å². The Kier molecular flexibility index (Phi) is 3.38. The zero-order chi connectivity index (χ0) is 12.3. The Morgan fingerprint density at radius 1 is 1.35 bits per heavy atom. The maximum Gasteiger partial charge on any atom is 0.312 e. The zero-order valence-electron chi connectivity index (χ0n) is 9.76. The van der Waals surface area contributed by atoms with E-state index in [9.17, 15) is 9.90 Å². The summed E-state index contributed by atoms with van der Waals surface area (Å²) in [5, 5.41) is 11.3. The van der Waals surface area contributed by atoms with E-state index < -0.39 is 11.9 Å². The van der Waals surface area contributed by atoms with Gasteiger partial charge in [0, 0.05) is 11.6 Å². The molecule has 0 aliphatic carbocycles. The summed E-state index contributed by atoms with van der Waals surface area (Å²) in [6.07, 6.45) is 3.14. The van der Waals surface area contributed by atoms with Crippen LogP contribution in [0.5, 0.6) is 0 Å². The Bertz CT molecular complexity index is 531. The van der Waals surface area contributed by atoms with Gasteiger partial charge in [0.15, 0.2) is 0 Å². The minimum atomic E-state index is -0.796. The first-order valence-corrected chi connectivity index (χ1v) is 5.80. The van der Waals surface area contributed by atoms with Crippen LogP contribution in [-0.4, -0.2) is 16.1 Å². The first-order valence-electron chi connectivity index (χ1n) is 5.80. The summed E-state index contributed by atoms with van der Waals surface area (Å²) in [6, 6.07) is 9.68. The van der Waals surface area contributed by atoms with Gasteiger partial charge in [-0.25, -0.2) is 0 Å². The van der Waals surface area contributed by atoms with Gasteiger partial charge < -0.3 is 5.11 Å². The van der Waals surface area contributed by atoms with E-state index in [1.54, 1.807) is 6.20 Å². The van der Waals surface area contributed by atoms with Crippen molar-refractivity contribution < 1.29 is 9.90 Å². The third-order valence-electron chi connectivity index (χ3n) is 2.91. The first kappa shape index (κ1) is 11.6. The van der Waals surface area contributed by atoms with Crippen LogP contribution >= 0.6 is 0 Å². The van der Waals surface area contributed by atoms with Crippen molar-refractivity contribution in [2.75, 3.05) is 0 Å².